The van der Waals surface area contributed by atoms with Gasteiger partial charge < -0.3 is 10.1 Å². The molecule has 3 heteroatoms. The molecule has 2 heterocycles. The van der Waals surface area contributed by atoms with Crippen molar-refractivity contribution >= 4 is 0 Å². The van der Waals surface area contributed by atoms with E-state index >= 15 is 0 Å². The normalized spacial score (nSPS) is 32.7. The van der Waals surface area contributed by atoms with E-state index in [-0.39, 0.29) is 0 Å². The van der Waals surface area contributed by atoms with Crippen molar-refractivity contribution < 1.29 is 4.74 Å². The van der Waals surface area contributed by atoms with Gasteiger partial charge in [-0.15, -0.1) is 0 Å². The van der Waals surface area contributed by atoms with Crippen molar-refractivity contribution in [1.29, 1.82) is 0 Å². The second-order valence-electron chi connectivity index (χ2n) is 7.14. The Balaban J connectivity index is 2.13. The van der Waals surface area contributed by atoms with E-state index in [0.717, 1.165) is 13.2 Å². The predicted octanol–water partition coefficient (Wildman–Crippen LogP) is 3.04. The highest BCUT2D eigenvalue weighted by atomic mass is 16.5. The van der Waals surface area contributed by atoms with Gasteiger partial charge in [0.05, 0.1) is 6.10 Å². The van der Waals surface area contributed by atoms with Crippen LogP contribution in [0.15, 0.2) is 0 Å². The highest BCUT2D eigenvalue weighted by molar-refractivity contribution is 5.00. The highest BCUT2D eigenvalue weighted by Gasteiger charge is 2.41. The molecule has 0 saturated carbocycles. The lowest BCUT2D eigenvalue weighted by Crippen LogP contribution is -2.67. The third-order valence-electron chi connectivity index (χ3n) is 5.75. The van der Waals surface area contributed by atoms with Crippen molar-refractivity contribution in [3.8, 4) is 0 Å². The number of piperazine rings is 1. The highest BCUT2D eigenvalue weighted by Crippen LogP contribution is 2.30. The molecule has 0 aromatic carbocycles. The van der Waals surface area contributed by atoms with Crippen molar-refractivity contribution in [1.82, 2.24) is 10.2 Å². The summed E-state index contributed by atoms with van der Waals surface area (Å²) in [6, 6.07) is 1.19. The first-order chi connectivity index (χ1) is 9.53. The zero-order chi connectivity index (χ0) is 14.8. The van der Waals surface area contributed by atoms with Crippen LogP contribution in [0, 0.1) is 5.92 Å². The third-order valence-corrected chi connectivity index (χ3v) is 5.75. The maximum Gasteiger partial charge on any atom is 0.0728 e. The van der Waals surface area contributed by atoms with Gasteiger partial charge in [-0.05, 0) is 38.5 Å². The lowest BCUT2D eigenvalue weighted by Gasteiger charge is -2.52. The number of nitrogens with one attached hydrogen (secondary N) is 1. The molecule has 2 fully saturated rings. The van der Waals surface area contributed by atoms with E-state index in [0.29, 0.717) is 29.6 Å². The summed E-state index contributed by atoms with van der Waals surface area (Å²) in [5, 5.41) is 3.86. The average Bonchev–Trinajstić information content (AvgIpc) is 2.99. The molecular weight excluding hydrogens is 248 g/mol. The zero-order valence-corrected chi connectivity index (χ0v) is 14.1. The number of hydrogen-bond acceptors (Lipinski definition) is 3. The second kappa shape index (κ2) is 6.76. The molecule has 0 aromatic rings. The first-order valence-electron chi connectivity index (χ1n) is 8.65. The summed E-state index contributed by atoms with van der Waals surface area (Å²) in [5.41, 5.74) is 0.304. The molecule has 0 bridgehead atoms. The van der Waals surface area contributed by atoms with Gasteiger partial charge in [0.1, 0.15) is 0 Å². The number of ether oxygens (including phenoxy) is 1. The average molecular weight is 282 g/mol. The van der Waals surface area contributed by atoms with E-state index < -0.39 is 0 Å². The van der Waals surface area contributed by atoms with Crippen LogP contribution in [0.5, 0.6) is 0 Å². The first kappa shape index (κ1) is 16.3. The molecular formula is C17H34N2O. The van der Waals surface area contributed by atoms with Crippen molar-refractivity contribution in [2.24, 2.45) is 5.92 Å². The first-order valence-corrected chi connectivity index (χ1v) is 8.65. The monoisotopic (exact) mass is 282 g/mol. The molecule has 0 amide bonds. The molecule has 20 heavy (non-hydrogen) atoms. The molecule has 0 spiro atoms. The largest absolute Gasteiger partial charge is 0.377 e. The SMILES string of the molecule is CCC1(CC)CN(C(C)C2CCCO2)C(C(C)C)CN1. The summed E-state index contributed by atoms with van der Waals surface area (Å²) in [4.78, 5) is 2.75. The summed E-state index contributed by atoms with van der Waals surface area (Å²) in [5.74, 6) is 0.693. The molecule has 2 saturated heterocycles. The van der Waals surface area contributed by atoms with E-state index in [1.54, 1.807) is 0 Å². The fourth-order valence-corrected chi connectivity index (χ4v) is 3.95. The van der Waals surface area contributed by atoms with Gasteiger partial charge in [0, 0.05) is 37.3 Å². The molecule has 118 valence electrons. The molecule has 2 rings (SSSR count). The predicted molar refractivity (Wildman–Crippen MR) is 85.1 cm³/mol. The van der Waals surface area contributed by atoms with E-state index in [1.165, 1.54) is 32.2 Å². The lowest BCUT2D eigenvalue weighted by molar-refractivity contribution is -0.0344. The maximum absolute atomic E-state index is 5.97. The van der Waals surface area contributed by atoms with Gasteiger partial charge in [-0.25, -0.2) is 0 Å². The van der Waals surface area contributed by atoms with Crippen LogP contribution >= 0.6 is 0 Å². The van der Waals surface area contributed by atoms with Crippen LogP contribution in [0.25, 0.3) is 0 Å². The van der Waals surface area contributed by atoms with Gasteiger partial charge in [0.2, 0.25) is 0 Å². The van der Waals surface area contributed by atoms with Crippen LogP contribution < -0.4 is 5.32 Å². The summed E-state index contributed by atoms with van der Waals surface area (Å²) < 4.78 is 5.97. The fourth-order valence-electron chi connectivity index (χ4n) is 3.95. The van der Waals surface area contributed by atoms with Gasteiger partial charge in [0.15, 0.2) is 0 Å². The Kier molecular flexibility index (Phi) is 5.49. The molecule has 3 nitrogen and oxygen atoms in total. The van der Waals surface area contributed by atoms with Crippen LogP contribution in [0.1, 0.15) is 60.3 Å². The number of hydrogen-bond donors (Lipinski definition) is 1. The van der Waals surface area contributed by atoms with Crippen molar-refractivity contribution in [2.45, 2.75) is 84.0 Å². The molecule has 0 aliphatic carbocycles. The summed E-state index contributed by atoms with van der Waals surface area (Å²) in [6.45, 7) is 15.0. The third kappa shape index (κ3) is 3.20. The smallest absolute Gasteiger partial charge is 0.0728 e. The Morgan fingerprint density at radius 3 is 2.45 bits per heavy atom. The van der Waals surface area contributed by atoms with Gasteiger partial charge in [-0.1, -0.05) is 27.7 Å². The van der Waals surface area contributed by atoms with Crippen LogP contribution in [0.2, 0.25) is 0 Å². The zero-order valence-electron chi connectivity index (χ0n) is 14.1. The fraction of sp³-hybridized carbons (Fsp3) is 1.00. The molecule has 3 atom stereocenters. The Morgan fingerprint density at radius 2 is 1.95 bits per heavy atom. The Bertz CT molecular complexity index is 295. The Labute approximate surface area is 125 Å². The number of rotatable bonds is 5. The van der Waals surface area contributed by atoms with E-state index in [1.807, 2.05) is 0 Å². The topological polar surface area (TPSA) is 24.5 Å². The molecule has 2 aliphatic heterocycles. The van der Waals surface area contributed by atoms with Gasteiger partial charge in [0.25, 0.3) is 0 Å². The van der Waals surface area contributed by atoms with Crippen LogP contribution in [-0.4, -0.2) is 48.3 Å². The quantitative estimate of drug-likeness (QED) is 0.839. The van der Waals surface area contributed by atoms with E-state index in [9.17, 15) is 0 Å². The van der Waals surface area contributed by atoms with Crippen molar-refractivity contribution in [2.75, 3.05) is 19.7 Å². The van der Waals surface area contributed by atoms with Crippen LogP contribution in [0.4, 0.5) is 0 Å². The minimum atomic E-state index is 0.304. The molecule has 2 aliphatic rings. The summed E-state index contributed by atoms with van der Waals surface area (Å²) in [6.07, 6.45) is 5.34. The Morgan fingerprint density at radius 1 is 1.25 bits per heavy atom. The van der Waals surface area contributed by atoms with Crippen LogP contribution in [0.3, 0.4) is 0 Å². The van der Waals surface area contributed by atoms with Gasteiger partial charge in [-0.3, -0.25) is 4.90 Å². The van der Waals surface area contributed by atoms with Gasteiger partial charge in [-0.2, -0.15) is 0 Å². The van der Waals surface area contributed by atoms with E-state index in [2.05, 4.69) is 44.8 Å². The summed E-state index contributed by atoms with van der Waals surface area (Å²) >= 11 is 0. The van der Waals surface area contributed by atoms with Gasteiger partial charge >= 0.3 is 0 Å². The van der Waals surface area contributed by atoms with Crippen LogP contribution in [-0.2, 0) is 4.74 Å². The second-order valence-corrected chi connectivity index (χ2v) is 7.14. The lowest BCUT2D eigenvalue weighted by atomic mass is 9.85. The minimum absolute atomic E-state index is 0.304. The molecule has 0 radical (unpaired) electrons. The minimum Gasteiger partial charge on any atom is -0.377 e. The van der Waals surface area contributed by atoms with E-state index in [4.69, 9.17) is 4.74 Å². The van der Waals surface area contributed by atoms with Crippen molar-refractivity contribution in [3.63, 3.8) is 0 Å². The standard InChI is InChI=1S/C17H34N2O/c1-6-17(7-2)12-19(15(11-18-17)13(3)4)14(5)16-9-8-10-20-16/h13-16,18H,6-12H2,1-5H3. The molecule has 1 N–H and O–H groups in total. The maximum atomic E-state index is 5.97. The number of nitrogens with zero attached hydrogens (tertiary/aromatic N) is 1. The Hall–Kier alpha value is -0.120. The summed E-state index contributed by atoms with van der Waals surface area (Å²) in [7, 11) is 0. The molecule has 3 unspecified atom stereocenters. The molecule has 0 aromatic heterocycles. The van der Waals surface area contributed by atoms with Crippen molar-refractivity contribution in [3.05, 3.63) is 0 Å².